The fraction of sp³-hybridized carbons (Fsp3) is 0.118. The predicted octanol–water partition coefficient (Wildman–Crippen LogP) is 3.72. The fourth-order valence-electron chi connectivity index (χ4n) is 2.25. The van der Waals surface area contributed by atoms with E-state index in [-0.39, 0.29) is 11.7 Å². The number of halogens is 2. The van der Waals surface area contributed by atoms with Gasteiger partial charge in [0.2, 0.25) is 11.1 Å². The Bertz CT molecular complexity index is 932. The molecule has 0 radical (unpaired) electrons. The van der Waals surface area contributed by atoms with Crippen LogP contribution in [0.5, 0.6) is 0 Å². The van der Waals surface area contributed by atoms with E-state index >= 15 is 0 Å². The summed E-state index contributed by atoms with van der Waals surface area (Å²) in [5.41, 5.74) is 1.40. The van der Waals surface area contributed by atoms with Gasteiger partial charge in [0.1, 0.15) is 0 Å². The summed E-state index contributed by atoms with van der Waals surface area (Å²) in [5, 5.41) is 9.50. The minimum absolute atomic E-state index is 0.0773. The van der Waals surface area contributed by atoms with Gasteiger partial charge in [0.05, 0.1) is 10.8 Å². The van der Waals surface area contributed by atoms with E-state index in [2.05, 4.69) is 10.2 Å². The highest BCUT2D eigenvalue weighted by atomic mass is 35.5. The predicted molar refractivity (Wildman–Crippen MR) is 106 cm³/mol. The second-order valence-corrected chi connectivity index (χ2v) is 7.16. The molecule has 0 saturated heterocycles. The molecule has 2 aromatic carbocycles. The van der Waals surface area contributed by atoms with Crippen LogP contribution in [0.3, 0.4) is 0 Å². The average molecular weight is 408 g/mol. The average Bonchev–Trinajstić information content (AvgIpc) is 3.02. The fourth-order valence-corrected chi connectivity index (χ4v) is 3.39. The van der Waals surface area contributed by atoms with Crippen molar-refractivity contribution in [3.63, 3.8) is 0 Å². The van der Waals surface area contributed by atoms with Gasteiger partial charge in [-0.15, -0.1) is 10.2 Å². The lowest BCUT2D eigenvalue weighted by atomic mass is 10.2. The molecule has 26 heavy (non-hydrogen) atoms. The van der Waals surface area contributed by atoms with E-state index in [9.17, 15) is 4.79 Å². The molecule has 2 N–H and O–H groups in total. The zero-order valence-electron chi connectivity index (χ0n) is 13.8. The Morgan fingerprint density at radius 2 is 1.92 bits per heavy atom. The maximum atomic E-state index is 12.4. The van der Waals surface area contributed by atoms with Gasteiger partial charge in [-0.3, -0.25) is 4.79 Å². The molecule has 0 fully saturated rings. The van der Waals surface area contributed by atoms with Crippen molar-refractivity contribution in [1.82, 2.24) is 14.9 Å². The molecule has 0 spiro atoms. The summed E-state index contributed by atoms with van der Waals surface area (Å²) in [6.45, 7) is 0. The van der Waals surface area contributed by atoms with Gasteiger partial charge in [-0.2, -0.15) is 0 Å². The maximum Gasteiger partial charge on any atom is 0.237 e. The molecule has 3 aromatic rings. The molecule has 0 aliphatic heterocycles. The molecule has 0 bridgehead atoms. The highest BCUT2D eigenvalue weighted by Gasteiger charge is 2.18. The van der Waals surface area contributed by atoms with Gasteiger partial charge in [-0.05, 0) is 30.3 Å². The van der Waals surface area contributed by atoms with Crippen LogP contribution in [0.15, 0.2) is 53.7 Å². The van der Waals surface area contributed by atoms with E-state index < -0.39 is 0 Å². The van der Waals surface area contributed by atoms with Crippen molar-refractivity contribution >= 4 is 46.6 Å². The summed E-state index contributed by atoms with van der Waals surface area (Å²) >= 11 is 13.4. The van der Waals surface area contributed by atoms with Crippen molar-refractivity contribution in [3.05, 3.63) is 58.6 Å². The molecule has 9 heteroatoms. The van der Waals surface area contributed by atoms with Gasteiger partial charge in [0, 0.05) is 23.3 Å². The number of carbonyl (C=O) groups is 1. The molecule has 1 amide bonds. The Labute approximate surface area is 164 Å². The van der Waals surface area contributed by atoms with Gasteiger partial charge in [0.25, 0.3) is 0 Å². The highest BCUT2D eigenvalue weighted by molar-refractivity contribution is 7.99. The molecule has 1 aromatic heterocycles. The number of hydrogen-bond donors (Lipinski definition) is 1. The Kier molecular flexibility index (Phi) is 5.70. The van der Waals surface area contributed by atoms with Crippen LogP contribution in [0.25, 0.3) is 11.4 Å². The number of benzene rings is 2. The van der Waals surface area contributed by atoms with Crippen molar-refractivity contribution in [1.29, 1.82) is 0 Å². The van der Waals surface area contributed by atoms with Crippen LogP contribution in [0.1, 0.15) is 0 Å². The SMILES string of the molecule is CN(C(=O)CSc1nnc(-c2cc(Cl)ccc2Cl)n1N)c1ccccc1. The first-order chi connectivity index (χ1) is 12.5. The lowest BCUT2D eigenvalue weighted by Crippen LogP contribution is -2.28. The smallest absolute Gasteiger partial charge is 0.237 e. The van der Waals surface area contributed by atoms with Crippen molar-refractivity contribution in [3.8, 4) is 11.4 Å². The summed E-state index contributed by atoms with van der Waals surface area (Å²) in [6.07, 6.45) is 0. The number of carbonyl (C=O) groups excluding carboxylic acids is 1. The van der Waals surface area contributed by atoms with Crippen molar-refractivity contribution in [2.45, 2.75) is 5.16 Å². The van der Waals surface area contributed by atoms with E-state index in [0.29, 0.717) is 26.6 Å². The van der Waals surface area contributed by atoms with Crippen molar-refractivity contribution in [2.75, 3.05) is 23.5 Å². The van der Waals surface area contributed by atoms with Crippen molar-refractivity contribution < 1.29 is 4.79 Å². The van der Waals surface area contributed by atoms with Crippen LogP contribution in [0.4, 0.5) is 5.69 Å². The van der Waals surface area contributed by atoms with Crippen LogP contribution < -0.4 is 10.7 Å². The standard InChI is InChI=1S/C17H15Cl2N5OS/c1-23(12-5-3-2-4-6-12)15(25)10-26-17-22-21-16(24(17)20)13-9-11(18)7-8-14(13)19/h2-9H,10,20H2,1H3. The number of aromatic nitrogens is 3. The summed E-state index contributed by atoms with van der Waals surface area (Å²) in [5.74, 6) is 6.54. The monoisotopic (exact) mass is 407 g/mol. The molecule has 0 atom stereocenters. The molecule has 0 aliphatic rings. The third kappa shape index (κ3) is 3.95. The molecule has 1 heterocycles. The number of rotatable bonds is 5. The summed E-state index contributed by atoms with van der Waals surface area (Å²) < 4.78 is 1.30. The van der Waals surface area contributed by atoms with E-state index in [4.69, 9.17) is 29.0 Å². The first kappa shape index (κ1) is 18.6. The number of amides is 1. The zero-order valence-corrected chi connectivity index (χ0v) is 16.1. The molecule has 6 nitrogen and oxygen atoms in total. The first-order valence-electron chi connectivity index (χ1n) is 7.57. The second kappa shape index (κ2) is 7.99. The van der Waals surface area contributed by atoms with Gasteiger partial charge in [-0.25, -0.2) is 4.68 Å². The van der Waals surface area contributed by atoms with Gasteiger partial charge in [0.15, 0.2) is 5.82 Å². The number of nitrogens with two attached hydrogens (primary N) is 1. The minimum Gasteiger partial charge on any atom is -0.335 e. The van der Waals surface area contributed by atoms with Gasteiger partial charge in [-0.1, -0.05) is 53.2 Å². The van der Waals surface area contributed by atoms with Crippen LogP contribution in [0.2, 0.25) is 10.0 Å². The molecule has 0 unspecified atom stereocenters. The van der Waals surface area contributed by atoms with Crippen molar-refractivity contribution in [2.24, 2.45) is 0 Å². The maximum absolute atomic E-state index is 12.4. The lowest BCUT2D eigenvalue weighted by Gasteiger charge is -2.16. The molecular formula is C17H15Cl2N5OS. The van der Waals surface area contributed by atoms with E-state index in [1.165, 1.54) is 16.4 Å². The zero-order chi connectivity index (χ0) is 18.7. The molecule has 0 aliphatic carbocycles. The van der Waals surface area contributed by atoms with E-state index in [1.54, 1.807) is 30.1 Å². The van der Waals surface area contributed by atoms with Gasteiger partial charge >= 0.3 is 0 Å². The van der Waals surface area contributed by atoms with Crippen LogP contribution in [0, 0.1) is 0 Å². The van der Waals surface area contributed by atoms with Gasteiger partial charge < -0.3 is 10.7 Å². The Balaban J connectivity index is 1.73. The number of thioether (sulfide) groups is 1. The Morgan fingerprint density at radius 1 is 1.19 bits per heavy atom. The topological polar surface area (TPSA) is 77.0 Å². The number of anilines is 1. The largest absolute Gasteiger partial charge is 0.335 e. The van der Waals surface area contributed by atoms with E-state index in [1.807, 2.05) is 30.3 Å². The Hall–Kier alpha value is -2.22. The Morgan fingerprint density at radius 3 is 2.65 bits per heavy atom. The molecule has 134 valence electrons. The van der Waals surface area contributed by atoms with Crippen LogP contribution >= 0.6 is 35.0 Å². The lowest BCUT2D eigenvalue weighted by molar-refractivity contribution is -0.115. The van der Waals surface area contributed by atoms with Crippen LogP contribution in [-0.2, 0) is 4.79 Å². The third-order valence-electron chi connectivity index (χ3n) is 3.68. The molecule has 0 saturated carbocycles. The first-order valence-corrected chi connectivity index (χ1v) is 9.32. The molecular weight excluding hydrogens is 393 g/mol. The number of nitrogens with zero attached hydrogens (tertiary/aromatic N) is 4. The normalized spacial score (nSPS) is 10.7. The second-order valence-electron chi connectivity index (χ2n) is 5.38. The summed E-state index contributed by atoms with van der Waals surface area (Å²) in [6, 6.07) is 14.4. The summed E-state index contributed by atoms with van der Waals surface area (Å²) in [4.78, 5) is 14.0. The van der Waals surface area contributed by atoms with Crippen LogP contribution in [-0.4, -0.2) is 33.6 Å². The summed E-state index contributed by atoms with van der Waals surface area (Å²) in [7, 11) is 1.72. The quantitative estimate of drug-likeness (QED) is 0.514. The molecule has 3 rings (SSSR count). The number of nitrogen functional groups attached to an aromatic ring is 1. The number of hydrogen-bond acceptors (Lipinski definition) is 5. The number of para-hydroxylation sites is 1. The highest BCUT2D eigenvalue weighted by Crippen LogP contribution is 2.30. The third-order valence-corrected chi connectivity index (χ3v) is 5.17. The van der Waals surface area contributed by atoms with E-state index in [0.717, 1.165) is 5.69 Å². The minimum atomic E-state index is -0.0773.